The maximum atomic E-state index is 5.66. The second kappa shape index (κ2) is 8.86. The molecule has 0 atom stereocenters. The average Bonchev–Trinajstić information content (AvgIpc) is 3.23. The Balaban J connectivity index is 2.32. The summed E-state index contributed by atoms with van der Waals surface area (Å²) in [7, 11) is 0.567. The second-order valence-corrected chi connectivity index (χ2v) is 23.9. The molecule has 0 N–H and O–H groups in total. The van der Waals surface area contributed by atoms with E-state index in [0.29, 0.717) is 0 Å². The quantitative estimate of drug-likeness (QED) is 0.268. The van der Waals surface area contributed by atoms with Gasteiger partial charge in [0.15, 0.2) is 11.5 Å². The molecule has 0 aliphatic rings. The number of hydrogen-bond acceptors (Lipinski definition) is 4. The molecule has 2 heterocycles. The highest BCUT2D eigenvalue weighted by molar-refractivity contribution is 9.11. The van der Waals surface area contributed by atoms with Crippen LogP contribution in [0.25, 0.3) is 20.9 Å². The molecule has 162 valence electrons. The molecule has 0 aliphatic carbocycles. The van der Waals surface area contributed by atoms with Gasteiger partial charge in [0.2, 0.25) is 0 Å². The van der Waals surface area contributed by atoms with Gasteiger partial charge in [-0.05, 0) is 65.1 Å². The van der Waals surface area contributed by atoms with Crippen molar-refractivity contribution < 1.29 is 9.47 Å². The van der Waals surface area contributed by atoms with Gasteiger partial charge in [-0.2, -0.15) is 0 Å². The Kier molecular flexibility index (Phi) is 7.17. The third kappa shape index (κ3) is 4.83. The molecule has 0 bridgehead atoms. The molecule has 3 rings (SSSR count). The summed E-state index contributed by atoms with van der Waals surface area (Å²) in [5.74, 6) is 1.51. The Morgan fingerprint density at radius 1 is 0.633 bits per heavy atom. The molecule has 0 fully saturated rings. The van der Waals surface area contributed by atoms with Gasteiger partial charge in [-0.15, -0.1) is 22.7 Å². The first kappa shape index (κ1) is 24.3. The summed E-state index contributed by atoms with van der Waals surface area (Å²) in [6.45, 7) is 14.3. The minimum absolute atomic E-state index is 0.754. The lowest BCUT2D eigenvalue weighted by atomic mass is 10.0. The molecule has 2 nitrogen and oxygen atoms in total. The Bertz CT molecular complexity index is 991. The van der Waals surface area contributed by atoms with E-state index in [4.69, 9.17) is 9.47 Å². The molecule has 0 unspecified atom stereocenters. The third-order valence-corrected chi connectivity index (χ3v) is 16.1. The number of halogens is 2. The van der Waals surface area contributed by atoms with Crippen molar-refractivity contribution in [3.63, 3.8) is 0 Å². The molecule has 0 aliphatic heterocycles. The van der Waals surface area contributed by atoms with Crippen LogP contribution in [0.15, 0.2) is 33.2 Å². The van der Waals surface area contributed by atoms with E-state index in [2.05, 4.69) is 95.4 Å². The van der Waals surface area contributed by atoms with E-state index < -0.39 is 16.1 Å². The Hall–Kier alpha value is -0.386. The summed E-state index contributed by atoms with van der Waals surface area (Å²) in [5, 5.41) is 0. The van der Waals surface area contributed by atoms with Gasteiger partial charge < -0.3 is 9.47 Å². The molecule has 30 heavy (non-hydrogen) atoms. The Labute approximate surface area is 206 Å². The summed E-state index contributed by atoms with van der Waals surface area (Å²) in [5.41, 5.74) is 2.36. The maximum absolute atomic E-state index is 5.66. The van der Waals surface area contributed by atoms with Gasteiger partial charge in [0.05, 0.1) is 30.4 Å². The highest BCUT2D eigenvalue weighted by Crippen LogP contribution is 2.47. The molecule has 0 spiro atoms. The highest BCUT2D eigenvalue weighted by Gasteiger charge is 2.27. The molecule has 0 radical (unpaired) electrons. The fourth-order valence-electron chi connectivity index (χ4n) is 3.10. The first-order chi connectivity index (χ1) is 13.9. The standard InChI is InChI=1S/C22H28Br2O2S2Si2/c1-25-17-9-13(21-15(23)11-19(27-21)29(3,4)5)14(10-18(17)26-2)22-16(24)12-20(28-22)30(6,7)8/h9-12H,1-8H3. The Morgan fingerprint density at radius 3 is 1.20 bits per heavy atom. The summed E-state index contributed by atoms with van der Waals surface area (Å²) in [4.78, 5) is 2.50. The summed E-state index contributed by atoms with van der Waals surface area (Å²) in [6.07, 6.45) is 0. The van der Waals surface area contributed by atoms with Crippen LogP contribution in [0, 0.1) is 0 Å². The predicted octanol–water partition coefficient (Wildman–Crippen LogP) is 7.78. The van der Waals surface area contributed by atoms with Gasteiger partial charge in [-0.25, -0.2) is 0 Å². The lowest BCUT2D eigenvalue weighted by Crippen LogP contribution is -2.34. The van der Waals surface area contributed by atoms with Crippen LogP contribution in [-0.2, 0) is 0 Å². The van der Waals surface area contributed by atoms with Crippen molar-refractivity contribution in [2.75, 3.05) is 14.2 Å². The summed E-state index contributed by atoms with van der Waals surface area (Å²) in [6, 6.07) is 8.87. The van der Waals surface area contributed by atoms with Crippen molar-refractivity contribution in [2.24, 2.45) is 0 Å². The van der Waals surface area contributed by atoms with Crippen molar-refractivity contribution >= 4 is 79.7 Å². The first-order valence-electron chi connectivity index (χ1n) is 9.73. The fraction of sp³-hybridized carbons (Fsp3) is 0.364. The van der Waals surface area contributed by atoms with Crippen molar-refractivity contribution in [3.05, 3.63) is 33.2 Å². The summed E-state index contributed by atoms with van der Waals surface area (Å²) >= 11 is 11.5. The molecule has 0 saturated heterocycles. The van der Waals surface area contributed by atoms with Crippen LogP contribution >= 0.6 is 54.5 Å². The second-order valence-electron chi connectivity index (χ2n) is 9.33. The average molecular weight is 605 g/mol. The minimum Gasteiger partial charge on any atom is -0.493 e. The van der Waals surface area contributed by atoms with E-state index in [1.807, 2.05) is 22.7 Å². The molecule has 8 heteroatoms. The van der Waals surface area contributed by atoms with Crippen molar-refractivity contribution in [2.45, 2.75) is 39.3 Å². The van der Waals surface area contributed by atoms with Gasteiger partial charge in [0.25, 0.3) is 0 Å². The normalized spacial score (nSPS) is 12.3. The lowest BCUT2D eigenvalue weighted by Gasteiger charge is -2.16. The minimum atomic E-state index is -1.41. The number of benzene rings is 1. The zero-order valence-corrected chi connectivity index (χ0v) is 25.5. The molecule has 3 aromatic rings. The monoisotopic (exact) mass is 602 g/mol. The van der Waals surface area contributed by atoms with E-state index >= 15 is 0 Å². The SMILES string of the molecule is COc1cc(-c2sc([Si](C)(C)C)cc2Br)c(-c2sc([Si](C)(C)C)cc2Br)cc1OC. The molecule has 2 aromatic heterocycles. The number of methoxy groups -OCH3 is 2. The van der Waals surface area contributed by atoms with Gasteiger partial charge in [-0.3, -0.25) is 0 Å². The first-order valence-corrected chi connectivity index (χ1v) is 19.9. The van der Waals surface area contributed by atoms with Gasteiger partial charge in [-0.1, -0.05) is 39.3 Å². The molecular formula is C22H28Br2O2S2Si2. The smallest absolute Gasteiger partial charge is 0.161 e. The molecule has 0 amide bonds. The highest BCUT2D eigenvalue weighted by atomic mass is 79.9. The van der Waals surface area contributed by atoms with E-state index in [0.717, 1.165) is 20.4 Å². The van der Waals surface area contributed by atoms with Gasteiger partial charge in [0.1, 0.15) is 0 Å². The van der Waals surface area contributed by atoms with Crippen molar-refractivity contribution in [3.8, 4) is 32.4 Å². The topological polar surface area (TPSA) is 18.5 Å². The van der Waals surface area contributed by atoms with Crippen LogP contribution in [0.2, 0.25) is 39.3 Å². The van der Waals surface area contributed by atoms with Gasteiger partial charge >= 0.3 is 0 Å². The molecular weight excluding hydrogens is 576 g/mol. The van der Waals surface area contributed by atoms with Crippen molar-refractivity contribution in [1.82, 2.24) is 0 Å². The van der Waals surface area contributed by atoms with E-state index in [-0.39, 0.29) is 0 Å². The molecule has 1 aromatic carbocycles. The van der Waals surface area contributed by atoms with Crippen LogP contribution in [0.3, 0.4) is 0 Å². The third-order valence-electron chi connectivity index (χ3n) is 4.86. The maximum Gasteiger partial charge on any atom is 0.161 e. The van der Waals surface area contributed by atoms with E-state index in [1.165, 1.54) is 29.9 Å². The zero-order chi connectivity index (χ0) is 22.4. The van der Waals surface area contributed by atoms with E-state index in [1.54, 1.807) is 14.2 Å². The Morgan fingerprint density at radius 2 is 0.967 bits per heavy atom. The number of rotatable bonds is 6. The predicted molar refractivity (Wildman–Crippen MR) is 148 cm³/mol. The lowest BCUT2D eigenvalue weighted by molar-refractivity contribution is 0.355. The van der Waals surface area contributed by atoms with Crippen molar-refractivity contribution in [1.29, 1.82) is 0 Å². The summed E-state index contributed by atoms with van der Waals surface area (Å²) < 4.78 is 16.6. The van der Waals surface area contributed by atoms with Crippen LogP contribution in [0.4, 0.5) is 0 Å². The van der Waals surface area contributed by atoms with Crippen LogP contribution < -0.4 is 18.5 Å². The van der Waals surface area contributed by atoms with Gasteiger partial charge in [0, 0.05) is 29.8 Å². The number of hydrogen-bond donors (Lipinski definition) is 0. The molecule has 0 saturated carbocycles. The van der Waals surface area contributed by atoms with Crippen LogP contribution in [0.5, 0.6) is 11.5 Å². The fourth-order valence-corrected chi connectivity index (χ4v) is 11.1. The zero-order valence-electron chi connectivity index (χ0n) is 18.7. The number of ether oxygens (including phenoxy) is 2. The largest absolute Gasteiger partial charge is 0.493 e. The van der Waals surface area contributed by atoms with Crippen LogP contribution in [0.1, 0.15) is 0 Å². The number of thiophene rings is 2. The van der Waals surface area contributed by atoms with Crippen LogP contribution in [-0.4, -0.2) is 30.4 Å². The van der Waals surface area contributed by atoms with E-state index in [9.17, 15) is 0 Å².